The van der Waals surface area contributed by atoms with Crippen LogP contribution in [0.25, 0.3) is 0 Å². The van der Waals surface area contributed by atoms with Crippen LogP contribution in [0.1, 0.15) is 29.9 Å². The van der Waals surface area contributed by atoms with Crippen molar-refractivity contribution in [3.8, 4) is 0 Å². The van der Waals surface area contributed by atoms with Gasteiger partial charge in [-0.05, 0) is 26.3 Å². The molecule has 0 bridgehead atoms. The number of H-pyrrole nitrogens is 1. The van der Waals surface area contributed by atoms with Crippen LogP contribution in [-0.4, -0.2) is 23.5 Å². The summed E-state index contributed by atoms with van der Waals surface area (Å²) in [5.41, 5.74) is 6.11. The van der Waals surface area contributed by atoms with Gasteiger partial charge in [-0.1, -0.05) is 6.92 Å². The molecule has 0 fully saturated rings. The Morgan fingerprint density at radius 1 is 1.53 bits per heavy atom. The first-order chi connectivity index (χ1) is 7.95. The second-order valence-electron chi connectivity index (χ2n) is 4.37. The number of carbonyl (C=O) groups is 1. The lowest BCUT2D eigenvalue weighted by atomic mass is 10.0. The van der Waals surface area contributed by atoms with Crippen molar-refractivity contribution < 1.29 is 4.79 Å². The summed E-state index contributed by atoms with van der Waals surface area (Å²) in [6.45, 7) is 6.08. The van der Waals surface area contributed by atoms with E-state index >= 15 is 0 Å². The molecule has 0 radical (unpaired) electrons. The Bertz CT molecular complexity index is 453. The second-order valence-corrected chi connectivity index (χ2v) is 4.37. The fourth-order valence-corrected chi connectivity index (χ4v) is 1.38. The van der Waals surface area contributed by atoms with E-state index in [0.29, 0.717) is 6.54 Å². The quantitative estimate of drug-likeness (QED) is 0.708. The smallest absolute Gasteiger partial charge is 0.256 e. The molecule has 0 aliphatic carbocycles. The summed E-state index contributed by atoms with van der Waals surface area (Å²) in [6, 6.07) is 1.35. The lowest BCUT2D eigenvalue weighted by molar-refractivity contribution is 0.0928. The average Bonchev–Trinajstić information content (AvgIpc) is 2.27. The molecule has 0 aliphatic heterocycles. The molecule has 17 heavy (non-hydrogen) atoms. The number of aromatic amines is 1. The number of aromatic nitrogens is 1. The Hall–Kier alpha value is -1.62. The summed E-state index contributed by atoms with van der Waals surface area (Å²) >= 11 is 0. The van der Waals surface area contributed by atoms with Crippen molar-refractivity contribution in [3.05, 3.63) is 33.7 Å². The van der Waals surface area contributed by atoms with Crippen molar-refractivity contribution in [2.75, 3.05) is 6.54 Å². The molecule has 1 rings (SSSR count). The standard InChI is InChI=1S/C12H19N3O2/c1-7(5-13)9(3)15-12(17)10-6-14-8(2)4-11(10)16/h4,6-7,9H,5,13H2,1-3H3,(H,14,16)(H,15,17). The molecule has 0 saturated heterocycles. The Labute approximate surface area is 100 Å². The molecule has 1 heterocycles. The minimum Gasteiger partial charge on any atom is -0.364 e. The van der Waals surface area contributed by atoms with Crippen LogP contribution in [0, 0.1) is 12.8 Å². The Balaban J connectivity index is 2.80. The summed E-state index contributed by atoms with van der Waals surface area (Å²) in [7, 11) is 0. The lowest BCUT2D eigenvalue weighted by Gasteiger charge is -2.19. The minimum absolute atomic E-state index is 0.0618. The number of pyridine rings is 1. The minimum atomic E-state index is -0.362. The van der Waals surface area contributed by atoms with Crippen molar-refractivity contribution in [2.45, 2.75) is 26.8 Å². The monoisotopic (exact) mass is 237 g/mol. The van der Waals surface area contributed by atoms with Crippen LogP contribution >= 0.6 is 0 Å². The Morgan fingerprint density at radius 2 is 2.18 bits per heavy atom. The number of nitrogens with one attached hydrogen (secondary N) is 2. The number of hydrogen-bond donors (Lipinski definition) is 3. The van der Waals surface area contributed by atoms with Gasteiger partial charge in [-0.2, -0.15) is 0 Å². The van der Waals surface area contributed by atoms with Gasteiger partial charge in [-0.15, -0.1) is 0 Å². The Morgan fingerprint density at radius 3 is 2.71 bits per heavy atom. The zero-order valence-corrected chi connectivity index (χ0v) is 10.4. The summed E-state index contributed by atoms with van der Waals surface area (Å²) in [6.07, 6.45) is 1.44. The molecule has 5 nitrogen and oxygen atoms in total. The first-order valence-electron chi connectivity index (χ1n) is 5.66. The van der Waals surface area contributed by atoms with Gasteiger partial charge in [-0.3, -0.25) is 9.59 Å². The molecule has 1 aromatic rings. The van der Waals surface area contributed by atoms with Crippen LogP contribution in [-0.2, 0) is 0 Å². The predicted molar refractivity (Wildman–Crippen MR) is 66.9 cm³/mol. The maximum Gasteiger partial charge on any atom is 0.256 e. The predicted octanol–water partition coefficient (Wildman–Crippen LogP) is 0.396. The van der Waals surface area contributed by atoms with Gasteiger partial charge in [0.1, 0.15) is 5.56 Å². The number of rotatable bonds is 4. The summed E-state index contributed by atoms with van der Waals surface area (Å²) in [4.78, 5) is 26.3. The van der Waals surface area contributed by atoms with Crippen molar-refractivity contribution in [1.29, 1.82) is 0 Å². The van der Waals surface area contributed by atoms with Crippen LogP contribution in [0.2, 0.25) is 0 Å². The molecule has 0 spiro atoms. The summed E-state index contributed by atoms with van der Waals surface area (Å²) in [5, 5.41) is 2.77. The van der Waals surface area contributed by atoms with E-state index < -0.39 is 0 Å². The van der Waals surface area contributed by atoms with Crippen LogP contribution in [0.4, 0.5) is 0 Å². The highest BCUT2D eigenvalue weighted by atomic mass is 16.2. The first kappa shape index (κ1) is 13.4. The van der Waals surface area contributed by atoms with Gasteiger partial charge in [0.2, 0.25) is 0 Å². The van der Waals surface area contributed by atoms with Crippen LogP contribution < -0.4 is 16.5 Å². The highest BCUT2D eigenvalue weighted by Crippen LogP contribution is 2.01. The molecule has 1 amide bonds. The van der Waals surface area contributed by atoms with Crippen molar-refractivity contribution in [2.24, 2.45) is 11.7 Å². The van der Waals surface area contributed by atoms with Crippen LogP contribution in [0.3, 0.4) is 0 Å². The van der Waals surface area contributed by atoms with E-state index in [1.165, 1.54) is 12.3 Å². The molecule has 5 heteroatoms. The van der Waals surface area contributed by atoms with E-state index in [1.807, 2.05) is 13.8 Å². The molecule has 0 saturated carbocycles. The third kappa shape index (κ3) is 3.42. The van der Waals surface area contributed by atoms with Gasteiger partial charge in [0, 0.05) is 24.0 Å². The lowest BCUT2D eigenvalue weighted by Crippen LogP contribution is -2.41. The fourth-order valence-electron chi connectivity index (χ4n) is 1.38. The zero-order valence-electron chi connectivity index (χ0n) is 10.4. The van der Waals surface area contributed by atoms with E-state index in [-0.39, 0.29) is 28.9 Å². The second kappa shape index (κ2) is 5.63. The molecule has 2 atom stereocenters. The summed E-state index contributed by atoms with van der Waals surface area (Å²) < 4.78 is 0. The maximum absolute atomic E-state index is 11.8. The number of amides is 1. The third-order valence-corrected chi connectivity index (χ3v) is 2.89. The molecule has 4 N–H and O–H groups in total. The molecule has 0 aliphatic rings. The molecule has 2 unspecified atom stereocenters. The van der Waals surface area contributed by atoms with E-state index in [2.05, 4.69) is 10.3 Å². The topological polar surface area (TPSA) is 88.0 Å². The van der Waals surface area contributed by atoms with Gasteiger partial charge in [0.25, 0.3) is 5.91 Å². The van der Waals surface area contributed by atoms with Crippen molar-refractivity contribution in [3.63, 3.8) is 0 Å². The van der Waals surface area contributed by atoms with Crippen molar-refractivity contribution >= 4 is 5.91 Å². The van der Waals surface area contributed by atoms with E-state index in [1.54, 1.807) is 6.92 Å². The van der Waals surface area contributed by atoms with Crippen LogP contribution in [0.15, 0.2) is 17.1 Å². The highest BCUT2D eigenvalue weighted by Gasteiger charge is 2.16. The zero-order chi connectivity index (χ0) is 13.0. The number of carbonyl (C=O) groups excluding carboxylic acids is 1. The van der Waals surface area contributed by atoms with Crippen LogP contribution in [0.5, 0.6) is 0 Å². The molecule has 0 aromatic carbocycles. The number of hydrogen-bond acceptors (Lipinski definition) is 3. The van der Waals surface area contributed by atoms with E-state index in [9.17, 15) is 9.59 Å². The van der Waals surface area contributed by atoms with E-state index in [4.69, 9.17) is 5.73 Å². The highest BCUT2D eigenvalue weighted by molar-refractivity contribution is 5.93. The largest absolute Gasteiger partial charge is 0.364 e. The Kier molecular flexibility index (Phi) is 4.45. The summed E-state index contributed by atoms with van der Waals surface area (Å²) in [5.74, 6) is -0.192. The fraction of sp³-hybridized carbons (Fsp3) is 0.500. The van der Waals surface area contributed by atoms with Gasteiger partial charge >= 0.3 is 0 Å². The molecule has 94 valence electrons. The van der Waals surface area contributed by atoms with Gasteiger partial charge < -0.3 is 16.0 Å². The van der Waals surface area contributed by atoms with Gasteiger partial charge in [0.15, 0.2) is 5.43 Å². The third-order valence-electron chi connectivity index (χ3n) is 2.89. The molecule has 1 aromatic heterocycles. The number of aryl methyl sites for hydroxylation is 1. The molecular formula is C12H19N3O2. The van der Waals surface area contributed by atoms with Crippen molar-refractivity contribution in [1.82, 2.24) is 10.3 Å². The van der Waals surface area contributed by atoms with Gasteiger partial charge in [-0.25, -0.2) is 0 Å². The average molecular weight is 237 g/mol. The van der Waals surface area contributed by atoms with E-state index in [0.717, 1.165) is 5.69 Å². The number of nitrogens with two attached hydrogens (primary N) is 1. The first-order valence-corrected chi connectivity index (χ1v) is 5.66. The normalized spacial score (nSPS) is 14.1. The molecular weight excluding hydrogens is 218 g/mol. The maximum atomic E-state index is 11.8. The SMILES string of the molecule is Cc1cc(=O)c(C(=O)NC(C)C(C)CN)c[nH]1. The van der Waals surface area contributed by atoms with Gasteiger partial charge in [0.05, 0.1) is 0 Å².